The molecule has 0 spiro atoms. The number of hydrogen-bond donors (Lipinski definition) is 1. The molecule has 0 aliphatic rings. The quantitative estimate of drug-likeness (QED) is 0.449. The zero-order valence-electron chi connectivity index (χ0n) is 15.3. The summed E-state index contributed by atoms with van der Waals surface area (Å²) < 4.78 is 38.2. The Kier molecular flexibility index (Phi) is 6.25. The number of halogens is 4. The maximum atomic E-state index is 13.2. The maximum Gasteiger partial charge on any atom is 0.405 e. The Bertz CT molecular complexity index is 1120. The van der Waals surface area contributed by atoms with Crippen LogP contribution in [0.2, 0.25) is 5.02 Å². The molecule has 11 heteroatoms. The normalized spacial score (nSPS) is 11.8. The summed E-state index contributed by atoms with van der Waals surface area (Å²) in [6.45, 7) is 2.30. The minimum Gasteiger partial charge on any atom is -0.346 e. The minimum atomic E-state index is -4.49. The number of nitrogens with one attached hydrogen (secondary N) is 1. The van der Waals surface area contributed by atoms with E-state index in [2.05, 4.69) is 4.98 Å². The smallest absolute Gasteiger partial charge is 0.346 e. The molecule has 1 aromatic carbocycles. The van der Waals surface area contributed by atoms with Crippen LogP contribution >= 0.6 is 34.7 Å². The number of carbonyl (C=O) groups excluding carboxylic acids is 1. The highest BCUT2D eigenvalue weighted by molar-refractivity contribution is 7.99. The standard InChI is InChI=1S/C18H15ClF3N3O2S2/c1-9-10(2)29-15-14(9)16(27)25(12-5-3-11(19)4-6-12)17(24-15)28-7-13(26)23-8-18(20,21)22/h3-6H,7-8H2,1-2H3,(H,23,26). The van der Waals surface area contributed by atoms with Gasteiger partial charge in [-0.15, -0.1) is 11.3 Å². The number of benzene rings is 1. The molecule has 2 heterocycles. The van der Waals surface area contributed by atoms with Crippen molar-refractivity contribution >= 4 is 50.8 Å². The first kappa shape index (κ1) is 21.7. The van der Waals surface area contributed by atoms with Crippen molar-refractivity contribution in [1.82, 2.24) is 14.9 Å². The van der Waals surface area contributed by atoms with Gasteiger partial charge in [-0.25, -0.2) is 4.98 Å². The third-order valence-corrected chi connectivity index (χ3v) is 6.37. The van der Waals surface area contributed by atoms with Crippen LogP contribution in [0.1, 0.15) is 10.4 Å². The highest BCUT2D eigenvalue weighted by Crippen LogP contribution is 2.29. The number of alkyl halides is 3. The molecule has 3 rings (SSSR count). The summed E-state index contributed by atoms with van der Waals surface area (Å²) in [6, 6.07) is 6.51. The van der Waals surface area contributed by atoms with E-state index in [1.165, 1.54) is 15.9 Å². The maximum absolute atomic E-state index is 13.2. The monoisotopic (exact) mass is 461 g/mol. The van der Waals surface area contributed by atoms with Gasteiger partial charge in [-0.1, -0.05) is 23.4 Å². The number of carbonyl (C=O) groups is 1. The van der Waals surface area contributed by atoms with Crippen LogP contribution in [0.25, 0.3) is 15.9 Å². The summed E-state index contributed by atoms with van der Waals surface area (Å²) >= 11 is 8.17. The molecule has 5 nitrogen and oxygen atoms in total. The van der Waals surface area contributed by atoms with Crippen LogP contribution in [0.3, 0.4) is 0 Å². The Labute approximate surface area is 176 Å². The van der Waals surface area contributed by atoms with Gasteiger partial charge < -0.3 is 5.32 Å². The third-order valence-electron chi connectivity index (χ3n) is 4.08. The summed E-state index contributed by atoms with van der Waals surface area (Å²) in [6.07, 6.45) is -4.49. The first-order valence-electron chi connectivity index (χ1n) is 8.32. The van der Waals surface area contributed by atoms with Crippen LogP contribution in [0, 0.1) is 13.8 Å². The van der Waals surface area contributed by atoms with Gasteiger partial charge in [0.15, 0.2) is 5.16 Å². The molecule has 154 valence electrons. The average molecular weight is 462 g/mol. The number of aromatic nitrogens is 2. The zero-order valence-corrected chi connectivity index (χ0v) is 17.7. The first-order valence-corrected chi connectivity index (χ1v) is 10.5. The SMILES string of the molecule is Cc1sc2nc(SCC(=O)NCC(F)(F)F)n(-c3ccc(Cl)cc3)c(=O)c2c1C. The molecule has 0 aliphatic carbocycles. The van der Waals surface area contributed by atoms with Crippen molar-refractivity contribution < 1.29 is 18.0 Å². The number of aryl methyl sites for hydroxylation is 2. The van der Waals surface area contributed by atoms with E-state index in [0.29, 0.717) is 20.9 Å². The van der Waals surface area contributed by atoms with Gasteiger partial charge in [-0.2, -0.15) is 13.2 Å². The van der Waals surface area contributed by atoms with Crippen LogP contribution in [-0.2, 0) is 4.79 Å². The second-order valence-corrected chi connectivity index (χ2v) is 8.74. The van der Waals surface area contributed by atoms with Crippen molar-refractivity contribution in [1.29, 1.82) is 0 Å². The molecule has 0 saturated carbocycles. The van der Waals surface area contributed by atoms with E-state index in [4.69, 9.17) is 11.6 Å². The Morgan fingerprint density at radius 1 is 1.28 bits per heavy atom. The first-order chi connectivity index (χ1) is 13.6. The fraction of sp³-hybridized carbons (Fsp3) is 0.278. The molecule has 0 radical (unpaired) electrons. The van der Waals surface area contributed by atoms with E-state index < -0.39 is 18.6 Å². The number of fused-ring (bicyclic) bond motifs is 1. The fourth-order valence-corrected chi connectivity index (χ4v) is 4.61. The molecule has 1 amide bonds. The Balaban J connectivity index is 2.01. The van der Waals surface area contributed by atoms with E-state index in [1.807, 2.05) is 19.2 Å². The van der Waals surface area contributed by atoms with Crippen LogP contribution in [0.5, 0.6) is 0 Å². The van der Waals surface area contributed by atoms with Crippen molar-refractivity contribution in [2.75, 3.05) is 12.3 Å². The number of rotatable bonds is 5. The van der Waals surface area contributed by atoms with Gasteiger partial charge in [0.1, 0.15) is 11.4 Å². The predicted molar refractivity (Wildman–Crippen MR) is 109 cm³/mol. The Hall–Kier alpha value is -2.04. The van der Waals surface area contributed by atoms with E-state index in [1.54, 1.807) is 24.3 Å². The Morgan fingerprint density at radius 3 is 2.55 bits per heavy atom. The van der Waals surface area contributed by atoms with Crippen LogP contribution in [0.4, 0.5) is 13.2 Å². The number of hydrogen-bond acceptors (Lipinski definition) is 5. The number of thiophene rings is 1. The van der Waals surface area contributed by atoms with E-state index in [9.17, 15) is 22.8 Å². The summed E-state index contributed by atoms with van der Waals surface area (Å²) in [5.41, 5.74) is 1.01. The molecule has 29 heavy (non-hydrogen) atoms. The fourth-order valence-electron chi connectivity index (χ4n) is 2.57. The molecule has 0 bridgehead atoms. The second-order valence-electron chi connectivity index (χ2n) is 6.16. The van der Waals surface area contributed by atoms with Gasteiger partial charge in [-0.3, -0.25) is 14.2 Å². The van der Waals surface area contributed by atoms with Crippen molar-refractivity contribution in [2.24, 2.45) is 0 Å². The van der Waals surface area contributed by atoms with Gasteiger partial charge in [0.2, 0.25) is 5.91 Å². The lowest BCUT2D eigenvalue weighted by Gasteiger charge is -2.13. The van der Waals surface area contributed by atoms with Crippen LogP contribution < -0.4 is 10.9 Å². The van der Waals surface area contributed by atoms with Crippen molar-refractivity contribution in [3.8, 4) is 5.69 Å². The topological polar surface area (TPSA) is 64.0 Å². The summed E-state index contributed by atoms with van der Waals surface area (Å²) in [7, 11) is 0. The summed E-state index contributed by atoms with van der Waals surface area (Å²) in [5.74, 6) is -1.12. The third kappa shape index (κ3) is 4.93. The lowest BCUT2D eigenvalue weighted by Crippen LogP contribution is -2.35. The van der Waals surface area contributed by atoms with Gasteiger partial charge >= 0.3 is 6.18 Å². The van der Waals surface area contributed by atoms with Gasteiger partial charge in [0.05, 0.1) is 16.8 Å². The predicted octanol–water partition coefficient (Wildman–Crippen LogP) is 4.49. The lowest BCUT2D eigenvalue weighted by molar-refractivity contribution is -0.136. The minimum absolute atomic E-state index is 0.216. The van der Waals surface area contributed by atoms with E-state index >= 15 is 0 Å². The van der Waals surface area contributed by atoms with E-state index in [-0.39, 0.29) is 16.5 Å². The lowest BCUT2D eigenvalue weighted by atomic mass is 10.2. The molecule has 0 fully saturated rings. The molecule has 1 N–H and O–H groups in total. The second kappa shape index (κ2) is 8.37. The van der Waals surface area contributed by atoms with Crippen LogP contribution in [-0.4, -0.2) is 33.9 Å². The summed E-state index contributed by atoms with van der Waals surface area (Å²) in [5, 5.41) is 2.99. The molecule has 0 saturated heterocycles. The number of amides is 1. The molecule has 2 aromatic heterocycles. The number of nitrogens with zero attached hydrogens (tertiary/aromatic N) is 2. The molecule has 0 atom stereocenters. The van der Waals surface area contributed by atoms with Gasteiger partial charge in [0.25, 0.3) is 5.56 Å². The highest BCUT2D eigenvalue weighted by atomic mass is 35.5. The van der Waals surface area contributed by atoms with Crippen molar-refractivity contribution in [2.45, 2.75) is 25.2 Å². The molecule has 3 aromatic rings. The van der Waals surface area contributed by atoms with Gasteiger partial charge in [0, 0.05) is 9.90 Å². The average Bonchev–Trinajstić information content (AvgIpc) is 2.93. The van der Waals surface area contributed by atoms with Gasteiger partial charge in [-0.05, 0) is 43.7 Å². The van der Waals surface area contributed by atoms with E-state index in [0.717, 1.165) is 22.2 Å². The Morgan fingerprint density at radius 2 is 1.93 bits per heavy atom. The highest BCUT2D eigenvalue weighted by Gasteiger charge is 2.28. The summed E-state index contributed by atoms with van der Waals surface area (Å²) in [4.78, 5) is 31.0. The zero-order chi connectivity index (χ0) is 21.3. The van der Waals surface area contributed by atoms with Crippen molar-refractivity contribution in [3.05, 3.63) is 50.1 Å². The molecule has 0 aliphatic heterocycles. The number of thioether (sulfide) groups is 1. The largest absolute Gasteiger partial charge is 0.405 e. The molecular weight excluding hydrogens is 447 g/mol. The molecule has 0 unspecified atom stereocenters. The molecular formula is C18H15ClF3N3O2S2. The van der Waals surface area contributed by atoms with Crippen LogP contribution in [0.15, 0.2) is 34.2 Å². The van der Waals surface area contributed by atoms with Crippen molar-refractivity contribution in [3.63, 3.8) is 0 Å².